The lowest BCUT2D eigenvalue weighted by Crippen LogP contribution is -1.85. The molecular weight excluding hydrogens is 180 g/mol. The topological polar surface area (TPSA) is 0 Å². The van der Waals surface area contributed by atoms with Gasteiger partial charge in [-0.15, -0.1) is 0 Å². The zero-order valence-corrected chi connectivity index (χ0v) is 9.97. The molecule has 0 heterocycles. The fourth-order valence-corrected chi connectivity index (χ4v) is 1.86. The summed E-state index contributed by atoms with van der Waals surface area (Å²) in [5, 5.41) is 0. The molecule has 83 valence electrons. The lowest BCUT2D eigenvalue weighted by atomic mass is 10.0. The molecule has 1 radical (unpaired) electrons. The van der Waals surface area contributed by atoms with E-state index in [4.69, 9.17) is 0 Å². The van der Waals surface area contributed by atoms with Crippen molar-refractivity contribution in [2.45, 2.75) is 58.3 Å². The van der Waals surface area contributed by atoms with Crippen molar-refractivity contribution in [2.24, 2.45) is 0 Å². The number of aryl methyl sites for hydroxylation is 1. The van der Waals surface area contributed by atoms with E-state index in [1.54, 1.807) is 0 Å². The third-order valence-corrected chi connectivity index (χ3v) is 2.82. The SMILES string of the molecule is CCCCCCCCCc1[c]cccc1. The van der Waals surface area contributed by atoms with Gasteiger partial charge in [-0.1, -0.05) is 69.7 Å². The molecule has 0 aromatic heterocycles. The second-order valence-corrected chi connectivity index (χ2v) is 4.26. The Morgan fingerprint density at radius 3 is 2.33 bits per heavy atom. The summed E-state index contributed by atoms with van der Waals surface area (Å²) in [4.78, 5) is 0. The van der Waals surface area contributed by atoms with E-state index in [1.807, 2.05) is 12.1 Å². The van der Waals surface area contributed by atoms with Gasteiger partial charge >= 0.3 is 0 Å². The van der Waals surface area contributed by atoms with Gasteiger partial charge in [0.2, 0.25) is 0 Å². The monoisotopic (exact) mass is 203 g/mol. The van der Waals surface area contributed by atoms with Gasteiger partial charge in [-0.2, -0.15) is 0 Å². The summed E-state index contributed by atoms with van der Waals surface area (Å²) >= 11 is 0. The maximum absolute atomic E-state index is 3.28. The van der Waals surface area contributed by atoms with Gasteiger partial charge in [-0.25, -0.2) is 0 Å². The first-order chi connectivity index (χ1) is 7.43. The summed E-state index contributed by atoms with van der Waals surface area (Å²) in [7, 11) is 0. The van der Waals surface area contributed by atoms with Crippen LogP contribution in [0.3, 0.4) is 0 Å². The lowest BCUT2D eigenvalue weighted by Gasteiger charge is -2.01. The highest BCUT2D eigenvalue weighted by Crippen LogP contribution is 2.09. The Morgan fingerprint density at radius 2 is 1.67 bits per heavy atom. The summed E-state index contributed by atoms with van der Waals surface area (Å²) in [6.07, 6.45) is 10.9. The number of rotatable bonds is 8. The van der Waals surface area contributed by atoms with Crippen LogP contribution in [0.4, 0.5) is 0 Å². The van der Waals surface area contributed by atoms with Gasteiger partial charge in [0.05, 0.1) is 0 Å². The van der Waals surface area contributed by atoms with E-state index in [-0.39, 0.29) is 0 Å². The molecule has 0 aliphatic heterocycles. The van der Waals surface area contributed by atoms with E-state index in [9.17, 15) is 0 Å². The quantitative estimate of drug-likeness (QED) is 0.533. The maximum Gasteiger partial charge on any atom is -0.0149 e. The number of hydrogen-bond donors (Lipinski definition) is 0. The number of benzene rings is 1. The Morgan fingerprint density at radius 1 is 0.933 bits per heavy atom. The van der Waals surface area contributed by atoms with Crippen LogP contribution in [-0.2, 0) is 6.42 Å². The van der Waals surface area contributed by atoms with Gasteiger partial charge < -0.3 is 0 Å². The van der Waals surface area contributed by atoms with Crippen LogP contribution in [0.25, 0.3) is 0 Å². The smallest absolute Gasteiger partial charge is 0.0149 e. The maximum atomic E-state index is 3.28. The Bertz CT molecular complexity index is 225. The largest absolute Gasteiger partial charge is 0.0654 e. The van der Waals surface area contributed by atoms with Crippen LogP contribution in [0, 0.1) is 6.07 Å². The second-order valence-electron chi connectivity index (χ2n) is 4.26. The van der Waals surface area contributed by atoms with Gasteiger partial charge in [-0.3, -0.25) is 0 Å². The van der Waals surface area contributed by atoms with Crippen molar-refractivity contribution >= 4 is 0 Å². The van der Waals surface area contributed by atoms with Gasteiger partial charge in [0.25, 0.3) is 0 Å². The van der Waals surface area contributed by atoms with Crippen LogP contribution in [0.15, 0.2) is 24.3 Å². The van der Waals surface area contributed by atoms with Crippen LogP contribution >= 0.6 is 0 Å². The number of unbranched alkanes of at least 4 members (excludes halogenated alkanes) is 6. The highest BCUT2D eigenvalue weighted by Gasteiger charge is 1.93. The van der Waals surface area contributed by atoms with Gasteiger partial charge in [-0.05, 0) is 24.5 Å². The summed E-state index contributed by atoms with van der Waals surface area (Å²) in [6.45, 7) is 2.27. The minimum atomic E-state index is 1.20. The molecule has 0 heteroatoms. The molecule has 0 aliphatic carbocycles. The van der Waals surface area contributed by atoms with Crippen molar-refractivity contribution in [2.75, 3.05) is 0 Å². The molecule has 1 rings (SSSR count). The summed E-state index contributed by atoms with van der Waals surface area (Å²) in [5.74, 6) is 0. The Hall–Kier alpha value is -0.780. The van der Waals surface area contributed by atoms with Crippen molar-refractivity contribution in [3.63, 3.8) is 0 Å². The zero-order chi connectivity index (χ0) is 10.8. The van der Waals surface area contributed by atoms with E-state index in [0.29, 0.717) is 0 Å². The molecule has 0 atom stereocenters. The fourth-order valence-electron chi connectivity index (χ4n) is 1.86. The number of hydrogen-bond acceptors (Lipinski definition) is 0. The van der Waals surface area contributed by atoms with E-state index >= 15 is 0 Å². The lowest BCUT2D eigenvalue weighted by molar-refractivity contribution is 0.589. The molecule has 0 saturated heterocycles. The highest BCUT2D eigenvalue weighted by molar-refractivity contribution is 5.12. The molecule has 0 nitrogen and oxygen atoms in total. The molecular formula is C15H23. The predicted octanol–water partition coefficient (Wildman–Crippen LogP) is 4.78. The molecule has 0 amide bonds. The molecule has 15 heavy (non-hydrogen) atoms. The minimum absolute atomic E-state index is 1.20. The van der Waals surface area contributed by atoms with E-state index < -0.39 is 0 Å². The van der Waals surface area contributed by atoms with E-state index in [2.05, 4.69) is 25.1 Å². The summed E-state index contributed by atoms with van der Waals surface area (Å²) in [6, 6.07) is 11.6. The predicted molar refractivity (Wildman–Crippen MR) is 67.0 cm³/mol. The Balaban J connectivity index is 1.93. The second kappa shape index (κ2) is 8.52. The van der Waals surface area contributed by atoms with Crippen molar-refractivity contribution in [1.82, 2.24) is 0 Å². The summed E-state index contributed by atoms with van der Waals surface area (Å²) in [5.41, 5.74) is 1.37. The third kappa shape index (κ3) is 6.33. The van der Waals surface area contributed by atoms with Gasteiger partial charge in [0, 0.05) is 0 Å². The third-order valence-electron chi connectivity index (χ3n) is 2.82. The van der Waals surface area contributed by atoms with Gasteiger partial charge in [0.1, 0.15) is 0 Å². The average Bonchev–Trinajstić information content (AvgIpc) is 2.29. The molecule has 0 saturated carbocycles. The van der Waals surface area contributed by atoms with Crippen LogP contribution in [0.2, 0.25) is 0 Å². The molecule has 0 unspecified atom stereocenters. The minimum Gasteiger partial charge on any atom is -0.0654 e. The fraction of sp³-hybridized carbons (Fsp3) is 0.600. The molecule has 1 aromatic rings. The zero-order valence-electron chi connectivity index (χ0n) is 9.97. The van der Waals surface area contributed by atoms with Crippen LogP contribution in [0.1, 0.15) is 57.4 Å². The van der Waals surface area contributed by atoms with Crippen LogP contribution in [0.5, 0.6) is 0 Å². The van der Waals surface area contributed by atoms with Crippen molar-refractivity contribution in [3.8, 4) is 0 Å². The Labute approximate surface area is 94.7 Å². The molecule has 0 fully saturated rings. The normalized spacial score (nSPS) is 10.5. The first kappa shape index (κ1) is 12.3. The first-order valence-electron chi connectivity index (χ1n) is 6.39. The van der Waals surface area contributed by atoms with Crippen LogP contribution in [-0.4, -0.2) is 0 Å². The average molecular weight is 203 g/mol. The van der Waals surface area contributed by atoms with Crippen LogP contribution < -0.4 is 0 Å². The molecule has 0 aliphatic rings. The molecule has 0 N–H and O–H groups in total. The molecule has 1 aromatic carbocycles. The first-order valence-corrected chi connectivity index (χ1v) is 6.39. The Kier molecular flexibility index (Phi) is 6.98. The summed E-state index contributed by atoms with van der Waals surface area (Å²) < 4.78 is 0. The van der Waals surface area contributed by atoms with Gasteiger partial charge in [0.15, 0.2) is 0 Å². The molecule has 0 bridgehead atoms. The highest BCUT2D eigenvalue weighted by atomic mass is 14.0. The molecule has 0 spiro atoms. The van der Waals surface area contributed by atoms with Crippen molar-refractivity contribution in [1.29, 1.82) is 0 Å². The van der Waals surface area contributed by atoms with E-state index in [1.165, 1.54) is 56.9 Å². The van der Waals surface area contributed by atoms with Crippen molar-refractivity contribution < 1.29 is 0 Å². The standard InChI is InChI=1S/C15H23/c1-2-3-4-5-6-7-9-12-15-13-10-8-11-14-15/h8,10-11,13H,2-7,9,12H2,1H3. The van der Waals surface area contributed by atoms with Crippen molar-refractivity contribution in [3.05, 3.63) is 35.9 Å². The van der Waals surface area contributed by atoms with E-state index in [0.717, 1.165) is 0 Å².